The van der Waals surface area contributed by atoms with Crippen molar-refractivity contribution < 1.29 is 0 Å². The number of unbranched alkanes of at least 4 members (excludes halogenated alkanes) is 10. The Balaban J connectivity index is 1.37. The van der Waals surface area contributed by atoms with Crippen molar-refractivity contribution in [2.45, 2.75) is 182 Å². The lowest BCUT2D eigenvalue weighted by Gasteiger charge is -2.41. The molecule has 4 aromatic rings. The number of hydrogen-bond acceptors (Lipinski definition) is 1. The first-order valence-electron chi connectivity index (χ1n) is 24.0. The highest BCUT2D eigenvalue weighted by molar-refractivity contribution is 5.91. The van der Waals surface area contributed by atoms with Crippen LogP contribution in [0.2, 0.25) is 0 Å². The molecule has 2 unspecified atom stereocenters. The maximum atomic E-state index is 2.64. The van der Waals surface area contributed by atoms with E-state index in [1.54, 1.807) is 16.7 Å². The van der Waals surface area contributed by atoms with Gasteiger partial charge in [0, 0.05) is 28.4 Å². The number of anilines is 3. The van der Waals surface area contributed by atoms with E-state index < -0.39 is 0 Å². The molecular weight excluding hydrogens is 711 g/mol. The lowest BCUT2D eigenvalue weighted by Crippen LogP contribution is -2.34. The first-order valence-corrected chi connectivity index (χ1v) is 24.0. The van der Waals surface area contributed by atoms with Crippen molar-refractivity contribution in [2.75, 3.05) is 4.90 Å². The van der Waals surface area contributed by atoms with Crippen molar-refractivity contribution in [2.24, 2.45) is 11.3 Å². The van der Waals surface area contributed by atoms with E-state index in [1.807, 2.05) is 0 Å². The van der Waals surface area contributed by atoms with Crippen LogP contribution in [-0.4, -0.2) is 0 Å². The summed E-state index contributed by atoms with van der Waals surface area (Å²) >= 11 is 0. The van der Waals surface area contributed by atoms with Crippen LogP contribution in [0.5, 0.6) is 0 Å². The quantitative estimate of drug-likeness (QED) is 0.0806. The zero-order valence-electron chi connectivity index (χ0n) is 39.0. The van der Waals surface area contributed by atoms with Crippen LogP contribution in [-0.2, 0) is 10.8 Å². The summed E-state index contributed by atoms with van der Waals surface area (Å²) in [6.07, 6.45) is 24.9. The molecule has 0 fully saturated rings. The van der Waals surface area contributed by atoms with Gasteiger partial charge in [0.2, 0.25) is 0 Å². The van der Waals surface area contributed by atoms with Crippen molar-refractivity contribution in [1.29, 1.82) is 0 Å². The van der Waals surface area contributed by atoms with Gasteiger partial charge in [-0.1, -0.05) is 207 Å². The fraction of sp³-hybridized carbons (Fsp3) is 0.517. The summed E-state index contributed by atoms with van der Waals surface area (Å²) in [4.78, 5) is 2.43. The molecule has 0 aliphatic heterocycles. The zero-order valence-corrected chi connectivity index (χ0v) is 39.0. The molecule has 0 N–H and O–H groups in total. The smallest absolute Gasteiger partial charge is 0.0462 e. The molecule has 2 atom stereocenters. The van der Waals surface area contributed by atoms with Gasteiger partial charge in [-0.25, -0.2) is 0 Å². The number of fused-ring (bicyclic) bond motifs is 2. The fourth-order valence-corrected chi connectivity index (χ4v) is 10.2. The van der Waals surface area contributed by atoms with Gasteiger partial charge in [0.15, 0.2) is 0 Å². The monoisotopic (exact) mass is 790 g/mol. The van der Waals surface area contributed by atoms with Gasteiger partial charge in [0.1, 0.15) is 0 Å². The molecule has 1 nitrogen and oxygen atoms in total. The van der Waals surface area contributed by atoms with Gasteiger partial charge in [-0.05, 0) is 123 Å². The minimum atomic E-state index is 0.106. The highest BCUT2D eigenvalue weighted by atomic mass is 15.1. The molecule has 2 aliphatic rings. The molecule has 0 saturated heterocycles. The van der Waals surface area contributed by atoms with Crippen molar-refractivity contribution in [1.82, 2.24) is 0 Å². The van der Waals surface area contributed by atoms with Crippen LogP contribution in [0.25, 0.3) is 16.7 Å². The Bertz CT molecular complexity index is 1970. The molecule has 0 radical (unpaired) electrons. The molecular formula is C58H79N. The molecule has 6 rings (SSSR count). The minimum absolute atomic E-state index is 0.106. The molecule has 59 heavy (non-hydrogen) atoms. The van der Waals surface area contributed by atoms with Crippen LogP contribution < -0.4 is 4.90 Å². The SMILES string of the molecule is CCCCCCCCC1(CCCCCCCC)C2=C(C=CC2C(C)(C)C)c2ccc(-c3ccc(N(c4ccc(C(C)CC)cc4)c4ccc(C(C)(C)C)cc4)cc3)cc21. The van der Waals surface area contributed by atoms with Crippen molar-refractivity contribution >= 4 is 22.6 Å². The first kappa shape index (κ1) is 44.7. The van der Waals surface area contributed by atoms with E-state index >= 15 is 0 Å². The second kappa shape index (κ2) is 19.7. The van der Waals surface area contributed by atoms with Gasteiger partial charge < -0.3 is 4.90 Å². The Labute approximate surface area is 361 Å². The Morgan fingerprint density at radius 3 is 1.58 bits per heavy atom. The predicted octanol–water partition coefficient (Wildman–Crippen LogP) is 18.4. The Morgan fingerprint density at radius 1 is 0.576 bits per heavy atom. The van der Waals surface area contributed by atoms with Crippen LogP contribution in [0.4, 0.5) is 17.1 Å². The second-order valence-corrected chi connectivity index (χ2v) is 20.5. The van der Waals surface area contributed by atoms with E-state index in [9.17, 15) is 0 Å². The summed E-state index contributed by atoms with van der Waals surface area (Å²) in [5, 5.41) is 0. The third-order valence-electron chi connectivity index (χ3n) is 14.0. The van der Waals surface area contributed by atoms with Gasteiger partial charge in [-0.15, -0.1) is 0 Å². The lowest BCUT2D eigenvalue weighted by molar-refractivity contribution is 0.281. The summed E-state index contributed by atoms with van der Waals surface area (Å²) in [7, 11) is 0. The summed E-state index contributed by atoms with van der Waals surface area (Å²) in [5.74, 6) is 1.03. The molecule has 1 heteroatoms. The molecule has 4 aromatic carbocycles. The number of nitrogens with zero attached hydrogens (tertiary/aromatic N) is 1. The summed E-state index contributed by atoms with van der Waals surface area (Å²) in [6, 6.07) is 35.5. The molecule has 0 heterocycles. The summed E-state index contributed by atoms with van der Waals surface area (Å²) in [5.41, 5.74) is 15.8. The van der Waals surface area contributed by atoms with E-state index in [2.05, 4.69) is 177 Å². The van der Waals surface area contributed by atoms with Gasteiger partial charge in [0.25, 0.3) is 0 Å². The molecule has 0 amide bonds. The summed E-state index contributed by atoms with van der Waals surface area (Å²) in [6.45, 7) is 23.6. The van der Waals surface area contributed by atoms with Gasteiger partial charge in [-0.3, -0.25) is 0 Å². The largest absolute Gasteiger partial charge is 0.311 e. The van der Waals surface area contributed by atoms with Gasteiger partial charge in [-0.2, -0.15) is 0 Å². The van der Waals surface area contributed by atoms with E-state index in [-0.39, 0.29) is 16.2 Å². The zero-order chi connectivity index (χ0) is 42.2. The number of benzene rings is 4. The standard InChI is InChI=1S/C58H79N/c1-11-14-16-18-20-22-40-58(41-23-21-19-17-15-12-2)54-42-46(28-37-51(54)52-38-39-53(55(52)58)57(8,9)10)45-26-33-49(34-27-45)59(48-31-24-44(25-32-48)43(4)13-3)50-35-29-47(30-36-50)56(5,6)7/h24-39,42-43,53H,11-23,40-41H2,1-10H3. The summed E-state index contributed by atoms with van der Waals surface area (Å²) < 4.78 is 0. The first-order chi connectivity index (χ1) is 28.3. The molecule has 316 valence electrons. The van der Waals surface area contributed by atoms with Crippen LogP contribution in [0.1, 0.15) is 194 Å². The minimum Gasteiger partial charge on any atom is -0.311 e. The van der Waals surface area contributed by atoms with E-state index in [0.717, 1.165) is 6.42 Å². The maximum Gasteiger partial charge on any atom is 0.0462 e. The normalized spacial score (nSPS) is 16.4. The van der Waals surface area contributed by atoms with Gasteiger partial charge in [0.05, 0.1) is 0 Å². The highest BCUT2D eigenvalue weighted by Gasteiger charge is 2.49. The molecule has 0 spiro atoms. The molecule has 0 aromatic heterocycles. The maximum absolute atomic E-state index is 2.64. The average Bonchev–Trinajstić information content (AvgIpc) is 3.79. The number of rotatable bonds is 20. The third-order valence-corrected chi connectivity index (χ3v) is 14.0. The number of allylic oxidation sites excluding steroid dienone is 4. The third kappa shape index (κ3) is 10.2. The molecule has 0 saturated carbocycles. The highest BCUT2D eigenvalue weighted by Crippen LogP contribution is 2.61. The van der Waals surface area contributed by atoms with Crippen LogP contribution in [0.3, 0.4) is 0 Å². The Hall–Kier alpha value is -3.84. The molecule has 0 bridgehead atoms. The lowest BCUT2D eigenvalue weighted by atomic mass is 9.62. The Morgan fingerprint density at radius 2 is 1.07 bits per heavy atom. The fourth-order valence-electron chi connectivity index (χ4n) is 10.2. The topological polar surface area (TPSA) is 3.24 Å². The van der Waals surface area contributed by atoms with E-state index in [4.69, 9.17) is 0 Å². The van der Waals surface area contributed by atoms with Gasteiger partial charge >= 0.3 is 0 Å². The van der Waals surface area contributed by atoms with Crippen LogP contribution >= 0.6 is 0 Å². The number of hydrogen-bond donors (Lipinski definition) is 0. The van der Waals surface area contributed by atoms with E-state index in [0.29, 0.717) is 11.8 Å². The van der Waals surface area contributed by atoms with Crippen molar-refractivity contribution in [3.05, 3.63) is 131 Å². The van der Waals surface area contributed by atoms with E-state index in [1.165, 1.54) is 135 Å². The second-order valence-electron chi connectivity index (χ2n) is 20.5. The predicted molar refractivity (Wildman–Crippen MR) is 261 cm³/mol. The van der Waals surface area contributed by atoms with Crippen molar-refractivity contribution in [3.8, 4) is 11.1 Å². The van der Waals surface area contributed by atoms with Crippen LogP contribution in [0, 0.1) is 11.3 Å². The average molecular weight is 790 g/mol. The van der Waals surface area contributed by atoms with Crippen LogP contribution in [0.15, 0.2) is 109 Å². The molecule has 2 aliphatic carbocycles. The Kier molecular flexibility index (Phi) is 14.9. The van der Waals surface area contributed by atoms with Crippen molar-refractivity contribution in [3.63, 3.8) is 0 Å².